The van der Waals surface area contributed by atoms with E-state index in [-0.39, 0.29) is 27.9 Å². The van der Waals surface area contributed by atoms with Gasteiger partial charge in [0.15, 0.2) is 0 Å². The van der Waals surface area contributed by atoms with Crippen LogP contribution in [0.4, 0.5) is 11.6 Å². The van der Waals surface area contributed by atoms with Crippen LogP contribution in [0.25, 0.3) is 22.2 Å². The van der Waals surface area contributed by atoms with Crippen LogP contribution in [0.15, 0.2) is 59.5 Å². The number of nitrogens with zero attached hydrogens (tertiary/aromatic N) is 3. The molecular formula is C21H24Cl2N4O7P2. The summed E-state index contributed by atoms with van der Waals surface area (Å²) in [5.41, 5.74) is 1.99. The van der Waals surface area contributed by atoms with Crippen LogP contribution in [0, 0.1) is 0 Å². The van der Waals surface area contributed by atoms with Crippen LogP contribution < -0.4 is 10.9 Å². The fourth-order valence-electron chi connectivity index (χ4n) is 3.33. The second-order valence-corrected chi connectivity index (χ2v) is 11.0. The summed E-state index contributed by atoms with van der Waals surface area (Å²) >= 11 is 12.6. The van der Waals surface area contributed by atoms with Crippen LogP contribution in [0.3, 0.4) is 0 Å². The van der Waals surface area contributed by atoms with Crippen molar-refractivity contribution in [3.63, 3.8) is 0 Å². The summed E-state index contributed by atoms with van der Waals surface area (Å²) < 4.78 is 12.8. The lowest BCUT2D eigenvalue weighted by Crippen LogP contribution is -2.20. The molecule has 0 saturated carbocycles. The predicted molar refractivity (Wildman–Crippen MR) is 145 cm³/mol. The number of fused-ring (bicyclic) bond motifs is 1. The van der Waals surface area contributed by atoms with E-state index in [4.69, 9.17) is 23.2 Å². The Morgan fingerprint density at radius 3 is 2.19 bits per heavy atom. The Morgan fingerprint density at radius 1 is 1.06 bits per heavy atom. The molecule has 0 aliphatic carbocycles. The maximum Gasteiger partial charge on any atom is 0.336 e. The third kappa shape index (κ3) is 6.27. The highest BCUT2D eigenvalue weighted by atomic mass is 35.5. The van der Waals surface area contributed by atoms with Gasteiger partial charge in [0.2, 0.25) is 5.95 Å². The molecule has 11 nitrogen and oxygen atoms in total. The van der Waals surface area contributed by atoms with E-state index in [9.17, 15) is 19.1 Å². The van der Waals surface area contributed by atoms with Crippen molar-refractivity contribution in [3.8, 4) is 11.1 Å². The molecule has 0 amide bonds. The van der Waals surface area contributed by atoms with Crippen molar-refractivity contribution < 1.29 is 30.8 Å². The standard InChI is InChI=1S/C21H18Cl2N4O4P2.3H2O/c1-27-18-12(9-14(19(27)28)17-15(22)3-2-4-16(17)23)10-24-21(26-18)25-13-7-5-11(6-8-13)20(32)33(29,30)31;;;/h2-10,20H,32H2,1H3,(H,24,25,26)(H2,29,30,31);3*1H2. The first kappa shape index (κ1) is 31.6. The normalized spacial score (nSPS) is 11.6. The average molecular weight is 577 g/mol. The maximum absolute atomic E-state index is 13.0. The zero-order valence-electron chi connectivity index (χ0n) is 18.6. The first-order valence-corrected chi connectivity index (χ1v) is 12.7. The fraction of sp³-hybridized carbons (Fsp3) is 0.0952. The van der Waals surface area contributed by atoms with Gasteiger partial charge in [-0.1, -0.05) is 41.4 Å². The molecule has 2 aromatic carbocycles. The molecule has 36 heavy (non-hydrogen) atoms. The number of benzene rings is 2. The number of pyridine rings is 1. The Hall–Kier alpha value is -2.43. The first-order valence-electron chi connectivity index (χ1n) is 9.55. The number of anilines is 2. The lowest BCUT2D eigenvalue weighted by molar-refractivity contribution is 0.370. The summed E-state index contributed by atoms with van der Waals surface area (Å²) in [5, 5.41) is 3.40. The van der Waals surface area contributed by atoms with Crippen molar-refractivity contribution in [1.82, 2.24) is 14.5 Å². The van der Waals surface area contributed by atoms with E-state index in [1.807, 2.05) is 0 Å². The molecule has 194 valence electrons. The molecule has 15 heteroatoms. The molecule has 0 radical (unpaired) electrons. The number of halogens is 2. The third-order valence-corrected chi connectivity index (χ3v) is 8.25. The fourth-order valence-corrected chi connectivity index (χ4v) is 4.71. The van der Waals surface area contributed by atoms with Crippen LogP contribution in [0.2, 0.25) is 10.0 Å². The van der Waals surface area contributed by atoms with Crippen molar-refractivity contribution in [2.75, 3.05) is 5.32 Å². The molecule has 0 fully saturated rings. The van der Waals surface area contributed by atoms with Crippen LogP contribution in [-0.4, -0.2) is 40.8 Å². The molecule has 2 aromatic heterocycles. The van der Waals surface area contributed by atoms with Crippen LogP contribution >= 0.6 is 40.0 Å². The van der Waals surface area contributed by atoms with Gasteiger partial charge in [0.25, 0.3) is 5.56 Å². The number of aryl methyl sites for hydroxylation is 1. The molecule has 4 rings (SSSR count). The van der Waals surface area contributed by atoms with Crippen molar-refractivity contribution in [2.45, 2.75) is 5.40 Å². The molecule has 0 aliphatic rings. The Kier molecular flexibility index (Phi) is 10.7. The molecule has 4 aromatic rings. The zero-order chi connectivity index (χ0) is 23.9. The highest BCUT2D eigenvalue weighted by Crippen LogP contribution is 2.55. The smallest absolute Gasteiger partial charge is 0.336 e. The minimum atomic E-state index is -4.26. The molecule has 0 aliphatic heterocycles. The Morgan fingerprint density at radius 2 is 1.64 bits per heavy atom. The molecular weight excluding hydrogens is 553 g/mol. The van der Waals surface area contributed by atoms with E-state index in [0.29, 0.717) is 43.5 Å². The minimum Gasteiger partial charge on any atom is -0.412 e. The molecule has 0 bridgehead atoms. The molecule has 2 atom stereocenters. The zero-order valence-corrected chi connectivity index (χ0v) is 22.2. The highest BCUT2D eigenvalue weighted by molar-refractivity contribution is 7.60. The average Bonchev–Trinajstić information content (AvgIpc) is 2.77. The van der Waals surface area contributed by atoms with Gasteiger partial charge in [-0.15, -0.1) is 9.24 Å². The minimum absolute atomic E-state index is 0. The van der Waals surface area contributed by atoms with Gasteiger partial charge in [-0.05, 0) is 35.9 Å². The van der Waals surface area contributed by atoms with Crippen molar-refractivity contribution >= 4 is 62.7 Å². The maximum atomic E-state index is 13.0. The predicted octanol–water partition coefficient (Wildman–Crippen LogP) is 2.62. The van der Waals surface area contributed by atoms with Crippen molar-refractivity contribution in [2.24, 2.45) is 7.05 Å². The van der Waals surface area contributed by atoms with Crippen molar-refractivity contribution in [1.29, 1.82) is 0 Å². The summed E-state index contributed by atoms with van der Waals surface area (Å²) in [7, 11) is -0.501. The Bertz CT molecular complexity index is 1460. The van der Waals surface area contributed by atoms with Gasteiger partial charge in [0, 0.05) is 29.9 Å². The molecule has 0 saturated heterocycles. The number of rotatable bonds is 5. The number of nitrogens with one attached hydrogen (secondary N) is 1. The van der Waals surface area contributed by atoms with Crippen LogP contribution in [-0.2, 0) is 11.6 Å². The van der Waals surface area contributed by atoms with Crippen LogP contribution in [0.1, 0.15) is 11.0 Å². The first-order chi connectivity index (χ1) is 15.6. The largest absolute Gasteiger partial charge is 0.412 e. The SMILES string of the molecule is Cn1c(=O)c(-c2c(Cl)cccc2Cl)cc2cnc(Nc3ccc(C(P)P(=O)(O)O)cc3)nc21.O.O.O. The lowest BCUT2D eigenvalue weighted by Gasteiger charge is -2.14. The summed E-state index contributed by atoms with van der Waals surface area (Å²) in [6.07, 6.45) is 1.58. The van der Waals surface area contributed by atoms with E-state index in [1.54, 1.807) is 61.8 Å². The lowest BCUT2D eigenvalue weighted by atomic mass is 10.1. The summed E-state index contributed by atoms with van der Waals surface area (Å²) in [6.45, 7) is 0. The second kappa shape index (κ2) is 12.2. The summed E-state index contributed by atoms with van der Waals surface area (Å²) in [5.74, 6) is 0.256. The number of aromatic nitrogens is 3. The molecule has 0 spiro atoms. The van der Waals surface area contributed by atoms with Gasteiger partial charge < -0.3 is 31.5 Å². The van der Waals surface area contributed by atoms with Gasteiger partial charge in [-0.3, -0.25) is 13.9 Å². The number of hydrogen-bond donors (Lipinski definition) is 3. The van der Waals surface area contributed by atoms with Gasteiger partial charge in [-0.2, -0.15) is 4.98 Å². The Labute approximate surface area is 217 Å². The van der Waals surface area contributed by atoms with E-state index >= 15 is 0 Å². The molecule has 9 N–H and O–H groups in total. The van der Waals surface area contributed by atoms with E-state index in [1.165, 1.54) is 4.57 Å². The van der Waals surface area contributed by atoms with Gasteiger partial charge in [-0.25, -0.2) is 4.98 Å². The summed E-state index contributed by atoms with van der Waals surface area (Å²) in [6, 6.07) is 13.2. The van der Waals surface area contributed by atoms with Gasteiger partial charge in [0.05, 0.1) is 21.0 Å². The highest BCUT2D eigenvalue weighted by Gasteiger charge is 2.25. The molecule has 2 heterocycles. The van der Waals surface area contributed by atoms with Gasteiger partial charge in [0.1, 0.15) is 5.65 Å². The third-order valence-electron chi connectivity index (χ3n) is 5.05. The number of hydrogen-bond acceptors (Lipinski definition) is 5. The monoisotopic (exact) mass is 576 g/mol. The second-order valence-electron chi connectivity index (χ2n) is 7.27. The van der Waals surface area contributed by atoms with E-state index in [2.05, 4.69) is 24.5 Å². The molecule has 2 unspecified atom stereocenters. The van der Waals surface area contributed by atoms with Crippen molar-refractivity contribution in [3.05, 3.63) is 80.7 Å². The van der Waals surface area contributed by atoms with Gasteiger partial charge >= 0.3 is 7.60 Å². The topological polar surface area (TPSA) is 212 Å². The summed E-state index contributed by atoms with van der Waals surface area (Å²) in [4.78, 5) is 40.5. The van der Waals surface area contributed by atoms with E-state index in [0.717, 1.165) is 0 Å². The quantitative estimate of drug-likeness (QED) is 0.301. The van der Waals surface area contributed by atoms with E-state index < -0.39 is 13.0 Å². The Balaban J connectivity index is 0.00000216. The van der Waals surface area contributed by atoms with Crippen LogP contribution in [0.5, 0.6) is 0 Å².